The van der Waals surface area contributed by atoms with E-state index >= 15 is 0 Å². The number of carbonyl (C=O) groups excluding carboxylic acids is 1. The van der Waals surface area contributed by atoms with Gasteiger partial charge in [-0.1, -0.05) is 53.6 Å². The maximum atomic E-state index is 12.6. The normalized spacial score (nSPS) is 11.6. The van der Waals surface area contributed by atoms with Crippen LogP contribution in [0.5, 0.6) is 5.88 Å². The van der Waals surface area contributed by atoms with Crippen LogP contribution in [-0.4, -0.2) is 27.3 Å². The molecular weight excluding hydrogens is 498 g/mol. The summed E-state index contributed by atoms with van der Waals surface area (Å²) in [7, 11) is 0. The van der Waals surface area contributed by atoms with Gasteiger partial charge in [-0.2, -0.15) is 0 Å². The van der Waals surface area contributed by atoms with E-state index in [-0.39, 0.29) is 18.0 Å². The minimum Gasteiger partial charge on any atom is -0.466 e. The number of H-pyrrole nitrogens is 1. The summed E-state index contributed by atoms with van der Waals surface area (Å²) in [5.41, 5.74) is 6.14. The number of benzene rings is 3. The zero-order valence-electron chi connectivity index (χ0n) is 19.1. The van der Waals surface area contributed by atoms with Gasteiger partial charge in [-0.15, -0.1) is 21.5 Å². The van der Waals surface area contributed by atoms with Gasteiger partial charge in [0.15, 0.2) is 6.61 Å². The Morgan fingerprint density at radius 3 is 2.56 bits per heavy atom. The first-order valence-corrected chi connectivity index (χ1v) is 12.2. The van der Waals surface area contributed by atoms with Crippen LogP contribution in [0, 0.1) is 6.92 Å². The van der Waals surface area contributed by atoms with Crippen molar-refractivity contribution in [2.24, 2.45) is 5.10 Å². The molecule has 0 aliphatic carbocycles. The first-order chi connectivity index (χ1) is 17.5. The number of thiazole rings is 1. The molecule has 0 spiro atoms. The summed E-state index contributed by atoms with van der Waals surface area (Å²) >= 11 is 7.46. The zero-order chi connectivity index (χ0) is 25.1. The van der Waals surface area contributed by atoms with Crippen LogP contribution in [0.3, 0.4) is 0 Å². The number of hydrogen-bond acceptors (Lipinski definition) is 6. The lowest BCUT2D eigenvalue weighted by atomic mass is 10.1. The van der Waals surface area contributed by atoms with Gasteiger partial charge in [-0.3, -0.25) is 14.2 Å². The van der Waals surface area contributed by atoms with Gasteiger partial charge in [0.2, 0.25) is 10.7 Å². The van der Waals surface area contributed by atoms with E-state index in [0.29, 0.717) is 20.6 Å². The number of amides is 1. The van der Waals surface area contributed by atoms with Gasteiger partial charge in [-0.25, -0.2) is 10.5 Å². The highest BCUT2D eigenvalue weighted by molar-refractivity contribution is 7.07. The van der Waals surface area contributed by atoms with Crippen molar-refractivity contribution in [2.45, 2.75) is 6.92 Å². The Labute approximate surface area is 214 Å². The van der Waals surface area contributed by atoms with Crippen LogP contribution < -0.4 is 20.5 Å². The van der Waals surface area contributed by atoms with Crippen LogP contribution in [0.4, 0.5) is 0 Å². The van der Waals surface area contributed by atoms with E-state index in [1.807, 2.05) is 65.4 Å². The fraction of sp³-hybridized carbons (Fsp3) is 0.0769. The van der Waals surface area contributed by atoms with Crippen molar-refractivity contribution in [3.8, 4) is 22.8 Å². The third-order valence-electron chi connectivity index (χ3n) is 5.42. The largest absolute Gasteiger partial charge is 0.466 e. The second-order valence-electron chi connectivity index (χ2n) is 7.92. The molecule has 0 aliphatic rings. The number of nitrogens with one attached hydrogen (secondary N) is 2. The van der Waals surface area contributed by atoms with Crippen LogP contribution >= 0.6 is 22.9 Å². The number of hydrogen-bond donors (Lipinski definition) is 2. The predicted octanol–water partition coefficient (Wildman–Crippen LogP) is 4.42. The molecule has 0 saturated carbocycles. The van der Waals surface area contributed by atoms with Gasteiger partial charge in [0.25, 0.3) is 11.5 Å². The Balaban J connectivity index is 1.41. The molecule has 5 rings (SSSR count). The van der Waals surface area contributed by atoms with Gasteiger partial charge < -0.3 is 4.74 Å². The number of ether oxygens (including phenoxy) is 1. The highest BCUT2D eigenvalue weighted by atomic mass is 35.5. The molecule has 0 radical (unpaired) electrons. The number of aromatic nitrogens is 3. The van der Waals surface area contributed by atoms with Crippen molar-refractivity contribution in [1.29, 1.82) is 0 Å². The van der Waals surface area contributed by atoms with Crippen molar-refractivity contribution in [2.75, 3.05) is 6.61 Å². The zero-order valence-corrected chi connectivity index (χ0v) is 20.6. The highest BCUT2D eigenvalue weighted by Crippen LogP contribution is 2.25. The maximum absolute atomic E-state index is 12.6. The SMILES string of the molecule is Cc1ccc(-n2c(-c3ccc(Cl)cc3)cs/c2=N\NC(=O)COc2n[nH]c(=O)c3ccccc23)cc1. The second-order valence-corrected chi connectivity index (χ2v) is 9.19. The van der Waals surface area contributed by atoms with E-state index < -0.39 is 5.91 Å². The summed E-state index contributed by atoms with van der Waals surface area (Å²) in [6.45, 7) is 1.70. The lowest BCUT2D eigenvalue weighted by Crippen LogP contribution is -2.28. The molecule has 2 aromatic heterocycles. The minimum absolute atomic E-state index is 0.163. The molecule has 3 aromatic carbocycles. The Morgan fingerprint density at radius 1 is 1.08 bits per heavy atom. The molecule has 1 amide bonds. The fourth-order valence-electron chi connectivity index (χ4n) is 3.63. The van der Waals surface area contributed by atoms with E-state index in [1.165, 1.54) is 11.3 Å². The first-order valence-electron chi connectivity index (χ1n) is 11.0. The third-order valence-corrected chi connectivity index (χ3v) is 6.50. The molecule has 0 atom stereocenters. The third kappa shape index (κ3) is 4.93. The second kappa shape index (κ2) is 10.2. The van der Waals surface area contributed by atoms with Gasteiger partial charge in [0, 0.05) is 16.1 Å². The van der Waals surface area contributed by atoms with Crippen molar-refractivity contribution in [1.82, 2.24) is 20.2 Å². The molecule has 8 nitrogen and oxygen atoms in total. The van der Waals surface area contributed by atoms with Crippen LogP contribution in [0.15, 0.2) is 88.1 Å². The lowest BCUT2D eigenvalue weighted by molar-refractivity contribution is -0.123. The number of halogens is 1. The summed E-state index contributed by atoms with van der Waals surface area (Å²) in [4.78, 5) is 25.1. The summed E-state index contributed by atoms with van der Waals surface area (Å²) < 4.78 is 7.53. The van der Waals surface area contributed by atoms with Gasteiger partial charge in [0.05, 0.1) is 16.5 Å². The number of nitrogens with zero attached hydrogens (tertiary/aromatic N) is 3. The quantitative estimate of drug-likeness (QED) is 0.326. The molecule has 10 heteroatoms. The van der Waals surface area contributed by atoms with Crippen LogP contribution in [0.2, 0.25) is 5.02 Å². The smallest absolute Gasteiger partial charge is 0.278 e. The van der Waals surface area contributed by atoms with E-state index in [1.54, 1.807) is 24.3 Å². The minimum atomic E-state index is -0.469. The number of rotatable bonds is 6. The van der Waals surface area contributed by atoms with E-state index in [9.17, 15) is 9.59 Å². The number of carbonyl (C=O) groups is 1. The van der Waals surface area contributed by atoms with E-state index in [4.69, 9.17) is 16.3 Å². The molecular formula is C26H20ClN5O3S. The molecule has 36 heavy (non-hydrogen) atoms. The predicted molar refractivity (Wildman–Crippen MR) is 140 cm³/mol. The molecule has 180 valence electrons. The Hall–Kier alpha value is -4.21. The average molecular weight is 518 g/mol. The number of fused-ring (bicyclic) bond motifs is 1. The molecule has 0 bridgehead atoms. The molecule has 2 N–H and O–H groups in total. The Morgan fingerprint density at radius 2 is 1.81 bits per heavy atom. The van der Waals surface area contributed by atoms with Crippen LogP contribution in [-0.2, 0) is 4.79 Å². The topological polar surface area (TPSA) is 101 Å². The molecule has 0 aliphatic heterocycles. The molecule has 5 aromatic rings. The average Bonchev–Trinajstić information content (AvgIpc) is 3.32. The highest BCUT2D eigenvalue weighted by Gasteiger charge is 2.12. The fourth-order valence-corrected chi connectivity index (χ4v) is 4.62. The van der Waals surface area contributed by atoms with Crippen LogP contribution in [0.25, 0.3) is 27.7 Å². The summed E-state index contributed by atoms with van der Waals surface area (Å²) in [5.74, 6) is -0.305. The molecule has 0 fully saturated rings. The van der Waals surface area contributed by atoms with E-state index in [0.717, 1.165) is 22.5 Å². The Kier molecular flexibility index (Phi) is 6.66. The standard InChI is InChI=1S/C26H20ClN5O3S/c1-16-6-12-19(13-7-16)32-22(17-8-10-18(27)11-9-17)15-36-26(32)31-28-23(33)14-35-25-21-5-3-2-4-20(21)24(34)29-30-25/h2-13,15H,14H2,1H3,(H,28,33)(H,29,34)/b31-26-. The molecule has 0 saturated heterocycles. The van der Waals surface area contributed by atoms with E-state index in [2.05, 4.69) is 20.7 Å². The summed E-state index contributed by atoms with van der Waals surface area (Å²) in [6.07, 6.45) is 0. The van der Waals surface area contributed by atoms with Crippen molar-refractivity contribution in [3.63, 3.8) is 0 Å². The Bertz CT molecular complexity index is 1670. The summed E-state index contributed by atoms with van der Waals surface area (Å²) in [5, 5.41) is 14.2. The van der Waals surface area contributed by atoms with Gasteiger partial charge >= 0.3 is 0 Å². The lowest BCUT2D eigenvalue weighted by Gasteiger charge is -2.10. The maximum Gasteiger partial charge on any atom is 0.278 e. The van der Waals surface area contributed by atoms with Crippen LogP contribution in [0.1, 0.15) is 5.56 Å². The monoisotopic (exact) mass is 517 g/mol. The van der Waals surface area contributed by atoms with Crippen molar-refractivity contribution < 1.29 is 9.53 Å². The van der Waals surface area contributed by atoms with Gasteiger partial charge in [-0.05, 0) is 48.9 Å². The summed E-state index contributed by atoms with van der Waals surface area (Å²) in [6, 6.07) is 22.5. The number of aromatic amines is 1. The van der Waals surface area contributed by atoms with Crippen molar-refractivity contribution in [3.05, 3.63) is 104 Å². The molecule has 0 unspecified atom stereocenters. The number of aryl methyl sites for hydroxylation is 1. The van der Waals surface area contributed by atoms with Crippen molar-refractivity contribution >= 4 is 39.6 Å². The van der Waals surface area contributed by atoms with Gasteiger partial charge in [0.1, 0.15) is 0 Å². The first kappa shape index (κ1) is 23.5. The molecule has 2 heterocycles.